The smallest absolute Gasteiger partial charge is 0.338 e. The molecule has 0 aliphatic carbocycles. The molecule has 100 valence electrons. The molecule has 0 atom stereocenters. The van der Waals surface area contributed by atoms with Crippen LogP contribution in [0.15, 0.2) is 0 Å². The van der Waals surface area contributed by atoms with Gasteiger partial charge in [0.2, 0.25) is 0 Å². The lowest BCUT2D eigenvalue weighted by Crippen LogP contribution is -2.68. The Balaban J connectivity index is 0.000000437. The van der Waals surface area contributed by atoms with Crippen molar-refractivity contribution >= 4 is 22.4 Å². The van der Waals surface area contributed by atoms with Crippen LogP contribution in [0, 0.1) is 5.41 Å². The first-order chi connectivity index (χ1) is 7.59. The van der Waals surface area contributed by atoms with Crippen molar-refractivity contribution < 1.29 is 26.8 Å². The molecule has 1 heterocycles. The maximum Gasteiger partial charge on any atom is 0.421 e. The molecule has 1 saturated heterocycles. The molecule has 0 aromatic rings. The van der Waals surface area contributed by atoms with E-state index in [2.05, 4.69) is 5.32 Å². The molecule has 1 fully saturated rings. The van der Waals surface area contributed by atoms with Gasteiger partial charge in [0.25, 0.3) is 0 Å². The Morgan fingerprint density at radius 1 is 1.24 bits per heavy atom. The van der Waals surface area contributed by atoms with Crippen molar-refractivity contribution in [3.8, 4) is 0 Å². The minimum absolute atomic E-state index is 0.163. The van der Waals surface area contributed by atoms with Gasteiger partial charge in [-0.15, -0.1) is 0 Å². The predicted octanol–water partition coefficient (Wildman–Crippen LogP) is -2.27. The molecule has 1 aliphatic heterocycles. The van der Waals surface area contributed by atoms with E-state index in [0.29, 0.717) is 26.2 Å². The van der Waals surface area contributed by atoms with Crippen LogP contribution in [0.2, 0.25) is 0 Å². The number of nitrogens with two attached hydrogens (primary N) is 2. The number of quaternary nitrogens is 1. The van der Waals surface area contributed by atoms with Crippen LogP contribution >= 0.6 is 0 Å². The fourth-order valence-electron chi connectivity index (χ4n) is 1.36. The highest BCUT2D eigenvalue weighted by atomic mass is 32.3. The van der Waals surface area contributed by atoms with Crippen LogP contribution in [0.5, 0.6) is 0 Å². The van der Waals surface area contributed by atoms with E-state index >= 15 is 0 Å². The van der Waals surface area contributed by atoms with E-state index in [-0.39, 0.29) is 10.4 Å². The highest BCUT2D eigenvalue weighted by Gasteiger charge is 2.40. The number of piperazine rings is 1. The van der Waals surface area contributed by atoms with Gasteiger partial charge < -0.3 is 16.8 Å². The molecule has 0 saturated carbocycles. The average Bonchev–Trinajstić information content (AvgIpc) is 2.15. The zero-order valence-corrected chi connectivity index (χ0v) is 9.77. The number of nitrogens with one attached hydrogen (secondary N) is 2. The topological polar surface area (TPSA) is 180 Å². The fraction of sp³-hybridized carbons (Fsp3) is 0.667. The molecule has 0 spiro atoms. The molecule has 0 aromatic heterocycles. The zero-order valence-electron chi connectivity index (χ0n) is 8.96. The van der Waals surface area contributed by atoms with E-state index in [1.165, 1.54) is 0 Å². The van der Waals surface area contributed by atoms with Gasteiger partial charge in [0.05, 0.1) is 0 Å². The molecule has 2 amide bonds. The largest absolute Gasteiger partial charge is 0.421 e. The maximum atomic E-state index is 11.1. The molecular formula is C6H16N5O5S+. The fourth-order valence-corrected chi connectivity index (χ4v) is 1.36. The summed E-state index contributed by atoms with van der Waals surface area (Å²) in [5.74, 6) is -0.163. The normalized spacial score (nSPS) is 18.7. The van der Waals surface area contributed by atoms with Gasteiger partial charge in [-0.25, -0.2) is 10.2 Å². The second-order valence-corrected chi connectivity index (χ2v) is 4.23. The molecule has 0 radical (unpaired) electrons. The molecule has 10 nitrogen and oxygen atoms in total. The van der Waals surface area contributed by atoms with Crippen LogP contribution in [0.1, 0.15) is 0 Å². The lowest BCUT2D eigenvalue weighted by atomic mass is 10.3. The lowest BCUT2D eigenvalue weighted by Gasteiger charge is -2.34. The SMILES string of the molecule is N=C(N)[N+]1(C(N)=O)CCNCC1.O=S(=O)(O)O. The van der Waals surface area contributed by atoms with Gasteiger partial charge >= 0.3 is 22.4 Å². The first kappa shape index (κ1) is 15.7. The van der Waals surface area contributed by atoms with Gasteiger partial charge in [-0.3, -0.25) is 9.11 Å². The van der Waals surface area contributed by atoms with Gasteiger partial charge in [0.15, 0.2) is 0 Å². The van der Waals surface area contributed by atoms with Crippen molar-refractivity contribution in [3.05, 3.63) is 0 Å². The van der Waals surface area contributed by atoms with E-state index in [9.17, 15) is 4.79 Å². The average molecular weight is 270 g/mol. The van der Waals surface area contributed by atoms with Crippen LogP contribution in [-0.2, 0) is 10.4 Å². The van der Waals surface area contributed by atoms with E-state index in [1.54, 1.807) is 0 Å². The molecule has 11 heteroatoms. The third-order valence-electron chi connectivity index (χ3n) is 2.22. The summed E-state index contributed by atoms with van der Waals surface area (Å²) >= 11 is 0. The Hall–Kier alpha value is -1.27. The number of urea groups is 1. The van der Waals surface area contributed by atoms with Gasteiger partial charge in [-0.1, -0.05) is 0 Å². The Bertz CT molecular complexity index is 364. The highest BCUT2D eigenvalue weighted by molar-refractivity contribution is 7.79. The minimum Gasteiger partial charge on any atom is -0.338 e. The Morgan fingerprint density at radius 3 is 1.76 bits per heavy atom. The summed E-state index contributed by atoms with van der Waals surface area (Å²) in [5.41, 5.74) is 10.5. The number of hydrogen-bond acceptors (Lipinski definition) is 5. The number of carbonyl (C=O) groups excluding carboxylic acids is 1. The van der Waals surface area contributed by atoms with Crippen LogP contribution in [0.4, 0.5) is 4.79 Å². The van der Waals surface area contributed by atoms with Crippen LogP contribution in [0.3, 0.4) is 0 Å². The molecule has 8 N–H and O–H groups in total. The van der Waals surface area contributed by atoms with Crippen LogP contribution < -0.4 is 16.8 Å². The summed E-state index contributed by atoms with van der Waals surface area (Å²) in [6, 6.07) is -0.538. The third-order valence-corrected chi connectivity index (χ3v) is 2.22. The molecule has 0 unspecified atom stereocenters. The molecule has 1 rings (SSSR count). The molecular weight excluding hydrogens is 254 g/mol. The first-order valence-electron chi connectivity index (χ1n) is 4.52. The van der Waals surface area contributed by atoms with Crippen LogP contribution in [0.25, 0.3) is 0 Å². The standard InChI is InChI=1S/C6H13N5O.H2O4S/c7-5(8)11(6(9)12)3-1-10-2-4-11;1-5(2,3)4/h10H,1-4H2,(H4-,7,8,9,12);(H2,1,2,3,4)/p+1. The Kier molecular flexibility index (Phi) is 5.44. The molecule has 17 heavy (non-hydrogen) atoms. The summed E-state index contributed by atoms with van der Waals surface area (Å²) in [4.78, 5) is 11.1. The van der Waals surface area contributed by atoms with Crippen molar-refractivity contribution in [1.82, 2.24) is 5.32 Å². The van der Waals surface area contributed by atoms with E-state index in [1.807, 2.05) is 0 Å². The quantitative estimate of drug-likeness (QED) is 0.124. The van der Waals surface area contributed by atoms with Crippen molar-refractivity contribution in [2.75, 3.05) is 26.2 Å². The number of rotatable bonds is 0. The van der Waals surface area contributed by atoms with Crippen molar-refractivity contribution in [1.29, 1.82) is 5.41 Å². The van der Waals surface area contributed by atoms with Gasteiger partial charge in [-0.2, -0.15) is 12.9 Å². The molecule has 0 aromatic carbocycles. The van der Waals surface area contributed by atoms with Crippen molar-refractivity contribution in [2.45, 2.75) is 0 Å². The summed E-state index contributed by atoms with van der Waals surface area (Å²) in [6.45, 7) is 2.29. The summed E-state index contributed by atoms with van der Waals surface area (Å²) < 4.78 is 31.4. The number of nitrogens with zero attached hydrogens (tertiary/aromatic N) is 1. The predicted molar refractivity (Wildman–Crippen MR) is 58.5 cm³/mol. The first-order valence-corrected chi connectivity index (χ1v) is 5.91. The summed E-state index contributed by atoms with van der Waals surface area (Å²) in [7, 11) is -4.67. The minimum atomic E-state index is -4.67. The van der Waals surface area contributed by atoms with Crippen LogP contribution in [-0.4, -0.2) is 60.2 Å². The van der Waals surface area contributed by atoms with Gasteiger partial charge in [0, 0.05) is 13.1 Å². The molecule has 1 aliphatic rings. The lowest BCUT2D eigenvalue weighted by molar-refractivity contribution is -0.762. The van der Waals surface area contributed by atoms with Crippen molar-refractivity contribution in [2.24, 2.45) is 11.5 Å². The second-order valence-electron chi connectivity index (χ2n) is 3.34. The number of amides is 2. The van der Waals surface area contributed by atoms with Gasteiger partial charge in [0.1, 0.15) is 13.1 Å². The second kappa shape index (κ2) is 5.88. The van der Waals surface area contributed by atoms with E-state index in [0.717, 1.165) is 0 Å². The highest BCUT2D eigenvalue weighted by Crippen LogP contribution is 2.06. The number of primary amides is 1. The molecule has 0 bridgehead atoms. The summed E-state index contributed by atoms with van der Waals surface area (Å²) in [6.07, 6.45) is 0. The number of hydrogen-bond donors (Lipinski definition) is 6. The Morgan fingerprint density at radius 2 is 1.59 bits per heavy atom. The van der Waals surface area contributed by atoms with E-state index in [4.69, 9.17) is 34.4 Å². The number of guanidine groups is 1. The monoisotopic (exact) mass is 270 g/mol. The van der Waals surface area contributed by atoms with E-state index < -0.39 is 16.4 Å². The number of carbonyl (C=O) groups is 1. The Labute approximate surface area is 98.2 Å². The maximum absolute atomic E-state index is 11.1. The third kappa shape index (κ3) is 5.55. The zero-order chi connectivity index (χ0) is 13.7. The van der Waals surface area contributed by atoms with Crippen molar-refractivity contribution in [3.63, 3.8) is 0 Å². The van der Waals surface area contributed by atoms with Gasteiger partial charge in [-0.05, 0) is 0 Å². The summed E-state index contributed by atoms with van der Waals surface area (Å²) in [5, 5.41) is 10.4.